The molecule has 0 aliphatic heterocycles. The van der Waals surface area contributed by atoms with Crippen LogP contribution in [0.3, 0.4) is 0 Å². The van der Waals surface area contributed by atoms with Gasteiger partial charge in [-0.3, -0.25) is 4.79 Å². The number of rotatable bonds is 8. The number of methoxy groups -OCH3 is 1. The summed E-state index contributed by atoms with van der Waals surface area (Å²) < 4.78 is 10.3. The average Bonchev–Trinajstić information content (AvgIpc) is 3.36. The number of benzene rings is 2. The number of carbonyl (C=O) groups is 1. The van der Waals surface area contributed by atoms with Crippen LogP contribution in [0.1, 0.15) is 34.7 Å². The summed E-state index contributed by atoms with van der Waals surface area (Å²) >= 11 is 6.01. The molecule has 1 amide bonds. The second-order valence-electron chi connectivity index (χ2n) is 7.44. The fourth-order valence-electron chi connectivity index (χ4n) is 3.81. The summed E-state index contributed by atoms with van der Waals surface area (Å²) in [6.45, 7) is 2.29. The van der Waals surface area contributed by atoms with Crippen molar-refractivity contribution in [1.82, 2.24) is 15.5 Å². The van der Waals surface area contributed by atoms with Crippen LogP contribution in [-0.4, -0.2) is 29.7 Å². The predicted molar refractivity (Wildman–Crippen MR) is 121 cm³/mol. The van der Waals surface area contributed by atoms with Gasteiger partial charge in [-0.15, -0.1) is 0 Å². The van der Waals surface area contributed by atoms with Gasteiger partial charge in [-0.25, -0.2) is 0 Å². The van der Waals surface area contributed by atoms with Crippen molar-refractivity contribution in [3.63, 3.8) is 0 Å². The van der Waals surface area contributed by atoms with Gasteiger partial charge in [0.2, 0.25) is 11.1 Å². The van der Waals surface area contributed by atoms with Crippen molar-refractivity contribution < 1.29 is 14.1 Å². The first-order valence-electron chi connectivity index (χ1n) is 10.1. The van der Waals surface area contributed by atoms with E-state index in [4.69, 9.17) is 20.9 Å². The van der Waals surface area contributed by atoms with Crippen molar-refractivity contribution in [3.8, 4) is 5.75 Å². The van der Waals surface area contributed by atoms with E-state index in [1.165, 1.54) is 0 Å². The Bertz CT molecular complexity index is 1160. The number of aromatic amines is 1. The maximum absolute atomic E-state index is 12.6. The SMILES string of the molecule is COc1ccc(C(CNC(=O)CCc2c(C)noc2Cl)c2c[nH]c3ccccc23)cc1. The Labute approximate surface area is 185 Å². The van der Waals surface area contributed by atoms with Crippen LogP contribution >= 0.6 is 11.6 Å². The molecule has 2 N–H and O–H groups in total. The summed E-state index contributed by atoms with van der Waals surface area (Å²) in [6, 6.07) is 16.1. The monoisotopic (exact) mass is 437 g/mol. The second kappa shape index (κ2) is 9.27. The minimum absolute atomic E-state index is 0.00748. The minimum Gasteiger partial charge on any atom is -0.497 e. The summed E-state index contributed by atoms with van der Waals surface area (Å²) in [5.41, 5.74) is 4.80. The number of hydrogen-bond donors (Lipinski definition) is 2. The molecule has 0 aliphatic carbocycles. The Balaban J connectivity index is 1.52. The molecule has 0 bridgehead atoms. The molecule has 2 aromatic heterocycles. The van der Waals surface area contributed by atoms with Crippen LogP contribution in [0.4, 0.5) is 0 Å². The first-order chi connectivity index (χ1) is 15.1. The van der Waals surface area contributed by atoms with Gasteiger partial charge in [0, 0.05) is 41.5 Å². The number of H-pyrrole nitrogens is 1. The van der Waals surface area contributed by atoms with Crippen molar-refractivity contribution in [2.75, 3.05) is 13.7 Å². The van der Waals surface area contributed by atoms with E-state index < -0.39 is 0 Å². The molecular weight excluding hydrogens is 414 g/mol. The maximum Gasteiger partial charge on any atom is 0.229 e. The zero-order chi connectivity index (χ0) is 21.8. The van der Waals surface area contributed by atoms with Gasteiger partial charge in [0.15, 0.2) is 0 Å². The van der Waals surface area contributed by atoms with Crippen LogP contribution in [0, 0.1) is 6.92 Å². The van der Waals surface area contributed by atoms with Gasteiger partial charge in [-0.1, -0.05) is 35.5 Å². The highest BCUT2D eigenvalue weighted by Gasteiger charge is 2.20. The number of halogens is 1. The summed E-state index contributed by atoms with van der Waals surface area (Å²) in [6.07, 6.45) is 2.82. The number of aryl methyl sites for hydroxylation is 1. The molecule has 7 heteroatoms. The molecule has 0 saturated carbocycles. The molecule has 0 aliphatic rings. The Morgan fingerprint density at radius 3 is 2.71 bits per heavy atom. The number of fused-ring (bicyclic) bond motifs is 1. The van der Waals surface area contributed by atoms with Crippen LogP contribution in [0.25, 0.3) is 10.9 Å². The summed E-state index contributed by atoms with van der Waals surface area (Å²) in [7, 11) is 1.65. The molecule has 2 heterocycles. The summed E-state index contributed by atoms with van der Waals surface area (Å²) in [4.78, 5) is 15.9. The molecule has 0 saturated heterocycles. The predicted octanol–water partition coefficient (Wildman–Crippen LogP) is 5.01. The molecule has 1 unspecified atom stereocenters. The van der Waals surface area contributed by atoms with Gasteiger partial charge in [0.05, 0.1) is 12.8 Å². The third kappa shape index (κ3) is 4.59. The number of para-hydroxylation sites is 1. The smallest absolute Gasteiger partial charge is 0.229 e. The topological polar surface area (TPSA) is 80.2 Å². The van der Waals surface area contributed by atoms with Crippen LogP contribution < -0.4 is 10.1 Å². The van der Waals surface area contributed by atoms with E-state index in [1.807, 2.05) is 55.6 Å². The second-order valence-corrected chi connectivity index (χ2v) is 7.78. The molecule has 2 aromatic carbocycles. The number of nitrogens with one attached hydrogen (secondary N) is 2. The maximum atomic E-state index is 12.6. The number of ether oxygens (including phenoxy) is 1. The highest BCUT2D eigenvalue weighted by molar-refractivity contribution is 6.29. The van der Waals surface area contributed by atoms with Crippen molar-refractivity contribution in [2.45, 2.75) is 25.7 Å². The average molecular weight is 438 g/mol. The number of aromatic nitrogens is 2. The normalized spacial score (nSPS) is 12.1. The van der Waals surface area contributed by atoms with Crippen LogP contribution in [0.2, 0.25) is 5.22 Å². The van der Waals surface area contributed by atoms with E-state index >= 15 is 0 Å². The zero-order valence-electron chi connectivity index (χ0n) is 17.4. The van der Waals surface area contributed by atoms with Gasteiger partial charge >= 0.3 is 0 Å². The van der Waals surface area contributed by atoms with Gasteiger partial charge in [0.25, 0.3) is 0 Å². The molecule has 0 radical (unpaired) electrons. The fraction of sp³-hybridized carbons (Fsp3) is 0.250. The molecule has 31 heavy (non-hydrogen) atoms. The summed E-state index contributed by atoms with van der Waals surface area (Å²) in [5.74, 6) is 0.744. The highest BCUT2D eigenvalue weighted by atomic mass is 35.5. The molecule has 6 nitrogen and oxygen atoms in total. The van der Waals surface area contributed by atoms with Crippen molar-refractivity contribution >= 4 is 28.4 Å². The first-order valence-corrected chi connectivity index (χ1v) is 10.5. The lowest BCUT2D eigenvalue weighted by atomic mass is 9.90. The zero-order valence-corrected chi connectivity index (χ0v) is 18.2. The van der Waals surface area contributed by atoms with Crippen LogP contribution in [-0.2, 0) is 11.2 Å². The van der Waals surface area contributed by atoms with Crippen LogP contribution in [0.5, 0.6) is 5.75 Å². The Morgan fingerprint density at radius 1 is 1.23 bits per heavy atom. The van der Waals surface area contributed by atoms with Gasteiger partial charge < -0.3 is 19.6 Å². The Morgan fingerprint density at radius 2 is 2.00 bits per heavy atom. The number of hydrogen-bond acceptors (Lipinski definition) is 4. The molecule has 1 atom stereocenters. The molecule has 0 spiro atoms. The molecular formula is C24H24ClN3O3. The molecule has 0 fully saturated rings. The number of nitrogens with zero attached hydrogens (tertiary/aromatic N) is 1. The van der Waals surface area contributed by atoms with E-state index in [0.717, 1.165) is 33.3 Å². The van der Waals surface area contributed by atoms with Gasteiger partial charge in [0.1, 0.15) is 5.75 Å². The van der Waals surface area contributed by atoms with E-state index in [9.17, 15) is 4.79 Å². The lowest BCUT2D eigenvalue weighted by Crippen LogP contribution is -2.29. The first kappa shape index (κ1) is 21.0. The van der Waals surface area contributed by atoms with E-state index in [1.54, 1.807) is 7.11 Å². The highest BCUT2D eigenvalue weighted by Crippen LogP contribution is 2.31. The minimum atomic E-state index is -0.0463. The van der Waals surface area contributed by atoms with Gasteiger partial charge in [-0.05, 0) is 54.3 Å². The Kier molecular flexibility index (Phi) is 6.28. The number of carbonyl (C=O) groups excluding carboxylic acids is 1. The largest absolute Gasteiger partial charge is 0.497 e. The third-order valence-corrected chi connectivity index (χ3v) is 5.85. The standard InChI is InChI=1S/C24H24ClN3O3/c1-15-18(24(25)31-28-15)11-12-23(29)27-13-20(16-7-9-17(30-2)10-8-16)21-14-26-22-6-4-3-5-19(21)22/h3-10,14,20,26H,11-13H2,1-2H3,(H,27,29). The van der Waals surface area contributed by atoms with E-state index in [2.05, 4.69) is 21.5 Å². The molecule has 4 rings (SSSR count). The summed E-state index contributed by atoms with van der Waals surface area (Å²) in [5, 5.41) is 8.31. The van der Waals surface area contributed by atoms with Crippen LogP contribution in [0.15, 0.2) is 59.3 Å². The lowest BCUT2D eigenvalue weighted by Gasteiger charge is -2.18. The van der Waals surface area contributed by atoms with E-state index in [0.29, 0.717) is 25.1 Å². The molecule has 160 valence electrons. The van der Waals surface area contributed by atoms with Crippen molar-refractivity contribution in [3.05, 3.63) is 82.3 Å². The lowest BCUT2D eigenvalue weighted by molar-refractivity contribution is -0.121. The fourth-order valence-corrected chi connectivity index (χ4v) is 4.07. The van der Waals surface area contributed by atoms with E-state index in [-0.39, 0.29) is 17.0 Å². The molecule has 4 aromatic rings. The quantitative estimate of drug-likeness (QED) is 0.406. The van der Waals surface area contributed by atoms with Crippen molar-refractivity contribution in [1.29, 1.82) is 0 Å². The number of amides is 1. The van der Waals surface area contributed by atoms with Gasteiger partial charge in [-0.2, -0.15) is 0 Å². The Hall–Kier alpha value is -3.25. The van der Waals surface area contributed by atoms with Crippen molar-refractivity contribution in [2.24, 2.45) is 0 Å². The third-order valence-electron chi connectivity index (χ3n) is 5.56.